The van der Waals surface area contributed by atoms with Gasteiger partial charge in [0.2, 0.25) is 17.7 Å². The largest absolute Gasteiger partial charge is 0.450 e. The number of carbonyl (C=O) groups excluding carboxylic acids is 4. The smallest absolute Gasteiger partial charge is 0.387 e. The number of hydrazine groups is 1. The van der Waals surface area contributed by atoms with Gasteiger partial charge in [-0.1, -0.05) is 6.08 Å². The van der Waals surface area contributed by atoms with E-state index in [0.29, 0.717) is 73.5 Å². The molecule has 4 aliphatic rings. The summed E-state index contributed by atoms with van der Waals surface area (Å²) < 4.78 is 75.1. The molecule has 0 radical (unpaired) electrons. The van der Waals surface area contributed by atoms with Gasteiger partial charge in [-0.05, 0) is 68.0 Å². The minimum atomic E-state index is -3.24. The van der Waals surface area contributed by atoms with Crippen molar-refractivity contribution >= 4 is 56.9 Å². The third-order valence-corrected chi connectivity index (χ3v) is 13.8. The number of rotatable bonds is 15. The monoisotopic (exact) mass is 970 g/mol. The fourth-order valence-corrected chi connectivity index (χ4v) is 9.85. The number of imidazole rings is 1. The van der Waals surface area contributed by atoms with Crippen molar-refractivity contribution < 1.29 is 45.9 Å². The van der Waals surface area contributed by atoms with Crippen LogP contribution in [0.4, 0.5) is 23.2 Å². The van der Waals surface area contributed by atoms with Gasteiger partial charge < -0.3 is 34.6 Å². The van der Waals surface area contributed by atoms with Crippen LogP contribution in [-0.4, -0.2) is 125 Å². The van der Waals surface area contributed by atoms with Gasteiger partial charge in [-0.15, -0.1) is 0 Å². The first-order chi connectivity index (χ1) is 33.6. The molecule has 1 aliphatic carbocycles. The number of nitrogens with one attached hydrogen (secondary N) is 1. The van der Waals surface area contributed by atoms with Crippen LogP contribution in [-0.2, 0) is 27.9 Å². The molecular formula is C49H54F4N10O7. The minimum Gasteiger partial charge on any atom is -0.450 e. The number of piperidine rings is 1. The van der Waals surface area contributed by atoms with E-state index in [9.17, 15) is 32.8 Å². The van der Waals surface area contributed by atoms with Crippen molar-refractivity contribution in [1.82, 2.24) is 34.2 Å². The second kappa shape index (κ2) is 19.7. The molecule has 3 fully saturated rings. The maximum absolute atomic E-state index is 16.9. The maximum atomic E-state index is 16.9. The molecule has 9 rings (SSSR count). The van der Waals surface area contributed by atoms with Gasteiger partial charge in [-0.3, -0.25) is 38.5 Å². The van der Waals surface area contributed by atoms with Gasteiger partial charge in [0.05, 0.1) is 16.4 Å². The van der Waals surface area contributed by atoms with Crippen LogP contribution in [0, 0.1) is 11.6 Å². The number of carbonyl (C=O) groups is 4. The number of halogens is 4. The molecule has 70 heavy (non-hydrogen) atoms. The third kappa shape index (κ3) is 9.46. The Hall–Kier alpha value is -7.13. The van der Waals surface area contributed by atoms with Crippen LogP contribution < -0.4 is 32.2 Å². The number of anilines is 1. The van der Waals surface area contributed by atoms with Crippen LogP contribution in [0.2, 0.25) is 0 Å². The van der Waals surface area contributed by atoms with Crippen LogP contribution in [0.3, 0.4) is 0 Å². The van der Waals surface area contributed by atoms with E-state index >= 15 is 8.78 Å². The van der Waals surface area contributed by atoms with E-state index in [1.165, 1.54) is 63.9 Å². The minimum absolute atomic E-state index is 0.0242. The fourth-order valence-electron chi connectivity index (χ4n) is 9.85. The molecule has 3 aromatic carbocycles. The van der Waals surface area contributed by atoms with Crippen molar-refractivity contribution in [2.24, 2.45) is 18.6 Å². The van der Waals surface area contributed by atoms with Gasteiger partial charge in [0.1, 0.15) is 29.0 Å². The number of piperazine rings is 1. The number of aromatic nitrogens is 2. The lowest BCUT2D eigenvalue weighted by Gasteiger charge is -2.36. The summed E-state index contributed by atoms with van der Waals surface area (Å²) in [5, 5.41) is 3.54. The van der Waals surface area contributed by atoms with E-state index in [2.05, 4.69) is 10.2 Å². The van der Waals surface area contributed by atoms with Crippen molar-refractivity contribution in [3.8, 4) is 16.9 Å². The summed E-state index contributed by atoms with van der Waals surface area (Å²) in [5.41, 5.74) is 7.50. The lowest BCUT2D eigenvalue weighted by atomic mass is 9.93. The van der Waals surface area contributed by atoms with Crippen LogP contribution in [0.15, 0.2) is 70.2 Å². The molecular weight excluding hydrogens is 917 g/mol. The molecule has 2 saturated heterocycles. The Morgan fingerprint density at radius 3 is 2.47 bits per heavy atom. The lowest BCUT2D eigenvalue weighted by molar-refractivity contribution is -0.136. The average molecular weight is 971 g/mol. The van der Waals surface area contributed by atoms with Crippen molar-refractivity contribution in [3.63, 3.8) is 0 Å². The molecule has 0 bridgehead atoms. The summed E-state index contributed by atoms with van der Waals surface area (Å²) in [5.74, 6) is 2.68. The van der Waals surface area contributed by atoms with Gasteiger partial charge in [0.15, 0.2) is 5.76 Å². The van der Waals surface area contributed by atoms with E-state index in [0.717, 1.165) is 12.8 Å². The highest BCUT2D eigenvalue weighted by atomic mass is 19.3. The number of fused-ring (bicyclic) bond motifs is 2. The van der Waals surface area contributed by atoms with E-state index < -0.39 is 47.7 Å². The highest BCUT2D eigenvalue weighted by molar-refractivity contribution is 6.03. The molecule has 1 saturated carbocycles. The highest BCUT2D eigenvalue weighted by Crippen LogP contribution is 2.43. The number of ether oxygens (including phenoxy) is 1. The molecule has 5 N–H and O–H groups in total. The normalized spacial score (nSPS) is 18.1. The summed E-state index contributed by atoms with van der Waals surface area (Å²) >= 11 is 0. The zero-order chi connectivity index (χ0) is 49.5. The predicted octanol–water partition coefficient (Wildman–Crippen LogP) is 4.82. The zero-order valence-electron chi connectivity index (χ0n) is 38.8. The summed E-state index contributed by atoms with van der Waals surface area (Å²) in [4.78, 5) is 72.2. The van der Waals surface area contributed by atoms with Crippen molar-refractivity contribution in [3.05, 3.63) is 99.9 Å². The lowest BCUT2D eigenvalue weighted by Crippen LogP contribution is -2.47. The fraction of sp³-hybridized carbons (Fsp3) is 0.408. The van der Waals surface area contributed by atoms with Crippen LogP contribution in [0.1, 0.15) is 66.2 Å². The number of benzene rings is 3. The molecule has 0 spiro atoms. The Balaban J connectivity index is 0.973. The summed E-state index contributed by atoms with van der Waals surface area (Å²) in [7, 11) is 3.17. The molecule has 4 amide bonds. The van der Waals surface area contributed by atoms with Gasteiger partial charge in [-0.25, -0.2) is 19.4 Å². The number of amides is 4. The first-order valence-corrected chi connectivity index (χ1v) is 23.3. The number of imide groups is 1. The van der Waals surface area contributed by atoms with E-state index in [-0.39, 0.29) is 89.9 Å². The van der Waals surface area contributed by atoms with Gasteiger partial charge in [-0.2, -0.15) is 8.78 Å². The molecule has 370 valence electrons. The van der Waals surface area contributed by atoms with Crippen LogP contribution in [0.5, 0.6) is 5.75 Å². The molecule has 5 heterocycles. The van der Waals surface area contributed by atoms with E-state index in [1.807, 2.05) is 11.0 Å². The third-order valence-electron chi connectivity index (χ3n) is 13.8. The molecule has 17 nitrogen and oxygen atoms in total. The molecule has 5 aromatic rings. The SMILES string of the molecule is CN(C(=O)c1cc2c(F)c(C3=CCCN(C(=O)CCN(N)/C=C\N)C3)cc(-c3ccc(N4CCN(CCc5c(F)ccc6c5n(C)c(=O)n6C5CCC(=O)NC5=O)CC4)cc3OC(F)F)c2o1)C1CC1. The standard InChI is InChI=1S/C49H54F4N10O7/c1-57(29-5-6-29)47(67)40-26-35-43(51)33(28-4-3-16-61(27-28)42(65)14-18-62(55)19-15-54)25-34(45(35)69-40)31-8-7-30(24-39(31)70-48(52)53)60-22-20-59(21-23-60)17-13-32-36(50)9-10-37-44(32)58(2)49(68)63(37)38-11-12-41(64)56-46(38)66/h4,7-10,15,19,24-26,29,38,48H,3,5-6,11-14,16-18,20-23,27,54-55H2,1-2H3,(H,56,64,66)/b19-15-. The number of hydrogen-bond donors (Lipinski definition) is 3. The van der Waals surface area contributed by atoms with Gasteiger partial charge in [0, 0.05) is 138 Å². The second-order valence-electron chi connectivity index (χ2n) is 18.2. The second-order valence-corrected chi connectivity index (χ2v) is 18.2. The Morgan fingerprint density at radius 1 is 0.986 bits per heavy atom. The Labute approximate surface area is 399 Å². The predicted molar refractivity (Wildman–Crippen MR) is 252 cm³/mol. The topological polar surface area (TPSA) is 198 Å². The molecule has 2 aromatic heterocycles. The van der Waals surface area contributed by atoms with Crippen molar-refractivity contribution in [1.29, 1.82) is 0 Å². The Morgan fingerprint density at radius 2 is 1.76 bits per heavy atom. The summed E-state index contributed by atoms with van der Waals surface area (Å²) in [6.07, 6.45) is 7.12. The number of nitrogens with two attached hydrogens (primary N) is 2. The maximum Gasteiger partial charge on any atom is 0.387 e. The molecule has 1 unspecified atom stereocenters. The molecule has 3 aliphatic heterocycles. The first-order valence-electron chi connectivity index (χ1n) is 23.3. The number of nitrogens with zero attached hydrogens (tertiary/aromatic N) is 7. The molecule has 21 heteroatoms. The quantitative estimate of drug-likeness (QED) is 0.0561. The summed E-state index contributed by atoms with van der Waals surface area (Å²) in [6.45, 7) is -0.214. The van der Waals surface area contributed by atoms with Crippen molar-refractivity contribution in [2.75, 3.05) is 64.3 Å². The number of hydrogen-bond acceptors (Lipinski definition) is 12. The number of alkyl halides is 2. The highest BCUT2D eigenvalue weighted by Gasteiger charge is 2.35. The van der Waals surface area contributed by atoms with E-state index in [4.69, 9.17) is 20.7 Å². The Bertz CT molecular complexity index is 3010. The van der Waals surface area contributed by atoms with Gasteiger partial charge in [0.25, 0.3) is 5.91 Å². The molecule has 1 atom stereocenters. The van der Waals surface area contributed by atoms with Crippen LogP contribution >= 0.6 is 0 Å². The van der Waals surface area contributed by atoms with Crippen molar-refractivity contribution in [2.45, 2.75) is 63.6 Å². The number of furan rings is 1. The Kier molecular flexibility index (Phi) is 13.5. The summed E-state index contributed by atoms with van der Waals surface area (Å²) in [6, 6.07) is 9.53. The van der Waals surface area contributed by atoms with Gasteiger partial charge >= 0.3 is 12.3 Å². The number of aryl methyl sites for hydroxylation is 1. The van der Waals surface area contributed by atoms with Crippen LogP contribution in [0.25, 0.3) is 38.7 Å². The van der Waals surface area contributed by atoms with E-state index in [1.54, 1.807) is 29.0 Å². The zero-order valence-corrected chi connectivity index (χ0v) is 38.8. The first kappa shape index (κ1) is 47.9. The average Bonchev–Trinajstić information content (AvgIpc) is 4.05.